The van der Waals surface area contributed by atoms with Crippen LogP contribution in [-0.2, 0) is 12.7 Å². The first-order chi connectivity index (χ1) is 17.2. The maximum atomic E-state index is 14.1. The van der Waals surface area contributed by atoms with Gasteiger partial charge in [0, 0.05) is 23.4 Å². The highest BCUT2D eigenvalue weighted by Crippen LogP contribution is 2.35. The third-order valence-corrected chi connectivity index (χ3v) is 6.33. The summed E-state index contributed by atoms with van der Waals surface area (Å²) in [6, 6.07) is 13.3. The van der Waals surface area contributed by atoms with Crippen LogP contribution >= 0.6 is 0 Å². The van der Waals surface area contributed by atoms with Gasteiger partial charge in [-0.15, -0.1) is 0 Å². The van der Waals surface area contributed by atoms with E-state index in [1.807, 2.05) is 44.2 Å². The van der Waals surface area contributed by atoms with Crippen LogP contribution in [0.3, 0.4) is 0 Å². The van der Waals surface area contributed by atoms with Crippen molar-refractivity contribution < 1.29 is 18.0 Å². The van der Waals surface area contributed by atoms with Crippen LogP contribution in [0.5, 0.6) is 0 Å². The van der Waals surface area contributed by atoms with Crippen molar-refractivity contribution >= 4 is 22.3 Å². The number of rotatable bonds is 5. The number of aryl methyl sites for hydroxylation is 1. The Hall–Kier alpha value is -4.21. The maximum Gasteiger partial charge on any atom is 0.433 e. The van der Waals surface area contributed by atoms with E-state index in [1.54, 1.807) is 29.9 Å². The summed E-state index contributed by atoms with van der Waals surface area (Å²) in [5, 5.41) is 12.6. The third-order valence-electron chi connectivity index (χ3n) is 6.33. The van der Waals surface area contributed by atoms with E-state index < -0.39 is 23.8 Å². The lowest BCUT2D eigenvalue weighted by Crippen LogP contribution is -2.27. The zero-order valence-electron chi connectivity index (χ0n) is 19.8. The Labute approximate surface area is 204 Å². The van der Waals surface area contributed by atoms with E-state index in [-0.39, 0.29) is 16.9 Å². The number of amides is 1. The van der Waals surface area contributed by atoms with Gasteiger partial charge < -0.3 is 5.32 Å². The summed E-state index contributed by atoms with van der Waals surface area (Å²) in [5.41, 5.74) is 1.14. The van der Waals surface area contributed by atoms with Crippen LogP contribution in [-0.4, -0.2) is 30.3 Å². The lowest BCUT2D eigenvalue weighted by molar-refractivity contribution is -0.142. The topological polar surface area (TPSA) is 77.1 Å². The Bertz CT molecular complexity index is 1600. The molecule has 0 aliphatic heterocycles. The number of aromatic nitrogens is 5. The molecule has 184 valence electrons. The van der Waals surface area contributed by atoms with Gasteiger partial charge >= 0.3 is 6.18 Å². The van der Waals surface area contributed by atoms with Crippen molar-refractivity contribution in [1.29, 1.82) is 0 Å². The molecule has 36 heavy (non-hydrogen) atoms. The number of benzene rings is 2. The Kier molecular flexibility index (Phi) is 5.74. The Balaban J connectivity index is 1.61. The summed E-state index contributed by atoms with van der Waals surface area (Å²) >= 11 is 0. The van der Waals surface area contributed by atoms with E-state index in [1.165, 1.54) is 0 Å². The summed E-state index contributed by atoms with van der Waals surface area (Å²) < 4.78 is 44.6. The molecule has 0 fully saturated rings. The molecule has 0 aliphatic carbocycles. The molecular formula is C26H23F3N6O. The molecule has 0 radical (unpaired) electrons. The van der Waals surface area contributed by atoms with Gasteiger partial charge in [0.15, 0.2) is 11.3 Å². The molecular weight excluding hydrogens is 469 g/mol. The van der Waals surface area contributed by atoms with Crippen LogP contribution < -0.4 is 5.32 Å². The highest BCUT2D eigenvalue weighted by atomic mass is 19.4. The highest BCUT2D eigenvalue weighted by Gasteiger charge is 2.36. The van der Waals surface area contributed by atoms with Gasteiger partial charge in [0.1, 0.15) is 5.56 Å². The van der Waals surface area contributed by atoms with Crippen molar-refractivity contribution in [3.05, 3.63) is 83.4 Å². The second kappa shape index (κ2) is 8.78. The molecule has 1 amide bonds. The lowest BCUT2D eigenvalue weighted by Gasteiger charge is -2.15. The van der Waals surface area contributed by atoms with Gasteiger partial charge in [-0.2, -0.15) is 23.4 Å². The number of nitrogens with one attached hydrogen (secondary N) is 1. The normalized spacial score (nSPS) is 12.8. The average molecular weight is 493 g/mol. The summed E-state index contributed by atoms with van der Waals surface area (Å²) in [5.74, 6) is -0.572. The first-order valence-corrected chi connectivity index (χ1v) is 11.5. The fraction of sp³-hybridized carbons (Fsp3) is 0.231. The smallest absolute Gasteiger partial charge is 0.345 e. The van der Waals surface area contributed by atoms with E-state index >= 15 is 0 Å². The zero-order valence-corrected chi connectivity index (χ0v) is 19.8. The number of carbonyl (C=O) groups excluding carboxylic acids is 1. The standard InChI is InChI=1S/C26H23F3N6O/c1-4-34-16(3)20(13-30-34)15(2)32-25(36)21-14-31-35-23(26(27,28)29)12-22(33-24(21)35)19-11-7-9-17-8-5-6-10-18(17)19/h5-15H,4H2,1-3H3,(H,32,36). The minimum absolute atomic E-state index is 0.0463. The molecule has 0 saturated carbocycles. The van der Waals surface area contributed by atoms with Crippen LogP contribution in [0.2, 0.25) is 0 Å². The molecule has 7 nitrogen and oxygen atoms in total. The molecule has 1 atom stereocenters. The predicted octanol–water partition coefficient (Wildman–Crippen LogP) is 5.58. The number of hydrogen-bond acceptors (Lipinski definition) is 4. The van der Waals surface area contributed by atoms with Crippen molar-refractivity contribution in [2.45, 2.75) is 39.5 Å². The Morgan fingerprint density at radius 3 is 2.56 bits per heavy atom. The van der Waals surface area contributed by atoms with Gasteiger partial charge in [0.2, 0.25) is 0 Å². The van der Waals surface area contributed by atoms with E-state index in [2.05, 4.69) is 20.5 Å². The molecule has 5 aromatic rings. The highest BCUT2D eigenvalue weighted by molar-refractivity contribution is 6.01. The summed E-state index contributed by atoms with van der Waals surface area (Å²) in [6.45, 7) is 6.34. The quantitative estimate of drug-likeness (QED) is 0.347. The van der Waals surface area contributed by atoms with Gasteiger partial charge in [0.05, 0.1) is 24.1 Å². The fourth-order valence-corrected chi connectivity index (χ4v) is 4.47. The monoisotopic (exact) mass is 492 g/mol. The predicted molar refractivity (Wildman–Crippen MR) is 129 cm³/mol. The Morgan fingerprint density at radius 2 is 1.83 bits per heavy atom. The minimum atomic E-state index is -4.71. The molecule has 10 heteroatoms. The number of nitrogens with zero attached hydrogens (tertiary/aromatic N) is 5. The van der Waals surface area contributed by atoms with Crippen molar-refractivity contribution in [3.63, 3.8) is 0 Å². The van der Waals surface area contributed by atoms with Crippen molar-refractivity contribution in [2.75, 3.05) is 0 Å². The number of hydrogen-bond donors (Lipinski definition) is 1. The van der Waals surface area contributed by atoms with E-state index in [4.69, 9.17) is 0 Å². The molecule has 1 unspecified atom stereocenters. The molecule has 3 heterocycles. The molecule has 0 bridgehead atoms. The summed E-state index contributed by atoms with van der Waals surface area (Å²) in [4.78, 5) is 17.7. The van der Waals surface area contributed by atoms with E-state index in [0.29, 0.717) is 16.6 Å². The first-order valence-electron chi connectivity index (χ1n) is 11.5. The molecule has 0 aliphatic rings. The zero-order chi connectivity index (χ0) is 25.6. The lowest BCUT2D eigenvalue weighted by atomic mass is 10.0. The molecule has 5 rings (SSSR count). The average Bonchev–Trinajstić information content (AvgIpc) is 3.45. The van der Waals surface area contributed by atoms with E-state index in [9.17, 15) is 18.0 Å². The van der Waals surface area contributed by atoms with Crippen LogP contribution in [0.15, 0.2) is 60.9 Å². The largest absolute Gasteiger partial charge is 0.433 e. The molecule has 1 N–H and O–H groups in total. The summed E-state index contributed by atoms with van der Waals surface area (Å²) in [6.07, 6.45) is -1.91. The molecule has 0 spiro atoms. The van der Waals surface area contributed by atoms with Gasteiger partial charge in [-0.25, -0.2) is 9.50 Å². The molecule has 0 saturated heterocycles. The second-order valence-corrected chi connectivity index (χ2v) is 8.54. The third kappa shape index (κ3) is 3.98. The first kappa shape index (κ1) is 23.5. The van der Waals surface area contributed by atoms with Gasteiger partial charge in [-0.1, -0.05) is 42.5 Å². The van der Waals surface area contributed by atoms with Gasteiger partial charge in [0.25, 0.3) is 5.91 Å². The SMILES string of the molecule is CCn1ncc(C(C)NC(=O)c2cnn3c(C(F)(F)F)cc(-c4cccc5ccccc45)nc23)c1C. The number of carbonyl (C=O) groups is 1. The molecule has 3 aromatic heterocycles. The van der Waals surface area contributed by atoms with Crippen LogP contribution in [0.1, 0.15) is 47.2 Å². The number of fused-ring (bicyclic) bond motifs is 2. The van der Waals surface area contributed by atoms with Crippen molar-refractivity contribution in [3.8, 4) is 11.3 Å². The van der Waals surface area contributed by atoms with Gasteiger partial charge in [-0.3, -0.25) is 9.48 Å². The number of alkyl halides is 3. The van der Waals surface area contributed by atoms with Crippen molar-refractivity contribution in [1.82, 2.24) is 29.7 Å². The van der Waals surface area contributed by atoms with Crippen LogP contribution in [0.25, 0.3) is 27.7 Å². The number of halogens is 3. The van der Waals surface area contributed by atoms with Crippen LogP contribution in [0.4, 0.5) is 13.2 Å². The van der Waals surface area contributed by atoms with Crippen LogP contribution in [0, 0.1) is 6.92 Å². The van der Waals surface area contributed by atoms with E-state index in [0.717, 1.165) is 34.3 Å². The Morgan fingerprint density at radius 1 is 1.08 bits per heavy atom. The van der Waals surface area contributed by atoms with Gasteiger partial charge in [-0.05, 0) is 37.6 Å². The maximum absolute atomic E-state index is 14.1. The fourth-order valence-electron chi connectivity index (χ4n) is 4.47. The van der Waals surface area contributed by atoms with Crippen molar-refractivity contribution in [2.24, 2.45) is 0 Å². The second-order valence-electron chi connectivity index (χ2n) is 8.54. The molecule has 2 aromatic carbocycles. The summed E-state index contributed by atoms with van der Waals surface area (Å²) in [7, 11) is 0. The minimum Gasteiger partial charge on any atom is -0.345 e.